The molecule has 0 heterocycles. The summed E-state index contributed by atoms with van der Waals surface area (Å²) in [4.78, 5) is 10.1. The Kier molecular flexibility index (Phi) is 4.53. The van der Waals surface area contributed by atoms with Crippen LogP contribution in [0.5, 0.6) is 11.5 Å². The molecule has 0 saturated heterocycles. The van der Waals surface area contributed by atoms with Crippen molar-refractivity contribution in [3.8, 4) is 11.5 Å². The van der Waals surface area contributed by atoms with Crippen LogP contribution in [0.2, 0.25) is 0 Å². The van der Waals surface area contributed by atoms with Gasteiger partial charge in [0, 0.05) is 16.6 Å². The molecule has 2 aromatic rings. The van der Waals surface area contributed by atoms with Gasteiger partial charge in [0.2, 0.25) is 5.82 Å². The molecule has 0 N–H and O–H groups in total. The fraction of sp³-hybridized carbons (Fsp3) is 0. The van der Waals surface area contributed by atoms with Crippen molar-refractivity contribution in [1.29, 1.82) is 0 Å². The number of benzene rings is 2. The SMILES string of the molecule is O=[N+]([O-])c1ccc(Oc2cc(Br)cc(F)c2F)c(I)c1. The Morgan fingerprint density at radius 2 is 1.90 bits per heavy atom. The first kappa shape index (κ1) is 15.1. The van der Waals surface area contributed by atoms with E-state index in [2.05, 4.69) is 15.9 Å². The molecule has 0 fully saturated rings. The quantitative estimate of drug-likeness (QED) is 0.282. The van der Waals surface area contributed by atoms with Crippen molar-refractivity contribution in [2.24, 2.45) is 0 Å². The van der Waals surface area contributed by atoms with Crippen LogP contribution in [-0.2, 0) is 0 Å². The number of hydrogen-bond acceptors (Lipinski definition) is 3. The predicted octanol–water partition coefficient (Wildman–Crippen LogP) is 5.03. The van der Waals surface area contributed by atoms with E-state index in [9.17, 15) is 18.9 Å². The van der Waals surface area contributed by atoms with Crippen molar-refractivity contribution < 1.29 is 18.4 Å². The van der Waals surface area contributed by atoms with Crippen molar-refractivity contribution in [1.82, 2.24) is 0 Å². The molecule has 0 unspecified atom stereocenters. The third kappa shape index (κ3) is 3.23. The van der Waals surface area contributed by atoms with Crippen molar-refractivity contribution >= 4 is 44.2 Å². The monoisotopic (exact) mass is 455 g/mol. The maximum absolute atomic E-state index is 13.6. The standard InChI is InChI=1S/C12H5BrF2INO3/c13-6-3-8(14)12(15)11(4-6)20-10-2-1-7(17(18)19)5-9(10)16/h1-5H. The first-order chi connectivity index (χ1) is 9.38. The van der Waals surface area contributed by atoms with Crippen molar-refractivity contribution in [3.63, 3.8) is 0 Å². The van der Waals surface area contributed by atoms with E-state index in [4.69, 9.17) is 4.74 Å². The van der Waals surface area contributed by atoms with E-state index >= 15 is 0 Å². The second-order valence-electron chi connectivity index (χ2n) is 3.67. The van der Waals surface area contributed by atoms with Crippen LogP contribution in [0.15, 0.2) is 34.8 Å². The third-order valence-electron chi connectivity index (χ3n) is 2.31. The Balaban J connectivity index is 2.38. The van der Waals surface area contributed by atoms with Crippen LogP contribution in [0.4, 0.5) is 14.5 Å². The molecule has 0 saturated carbocycles. The van der Waals surface area contributed by atoms with E-state index in [1.807, 2.05) is 22.6 Å². The summed E-state index contributed by atoms with van der Waals surface area (Å²) >= 11 is 4.85. The summed E-state index contributed by atoms with van der Waals surface area (Å²) in [7, 11) is 0. The summed E-state index contributed by atoms with van der Waals surface area (Å²) in [6, 6.07) is 6.09. The molecular weight excluding hydrogens is 451 g/mol. The molecule has 4 nitrogen and oxygen atoms in total. The zero-order valence-corrected chi connectivity index (χ0v) is 13.3. The summed E-state index contributed by atoms with van der Waals surface area (Å²) in [5, 5.41) is 10.6. The molecule has 2 aromatic carbocycles. The minimum absolute atomic E-state index is 0.109. The van der Waals surface area contributed by atoms with Gasteiger partial charge in [-0.1, -0.05) is 15.9 Å². The first-order valence-corrected chi connectivity index (χ1v) is 7.02. The maximum Gasteiger partial charge on any atom is 0.270 e. The molecule has 0 aromatic heterocycles. The molecule has 0 bridgehead atoms. The first-order valence-electron chi connectivity index (χ1n) is 5.15. The highest BCUT2D eigenvalue weighted by Gasteiger charge is 2.15. The van der Waals surface area contributed by atoms with E-state index in [1.165, 1.54) is 24.3 Å². The van der Waals surface area contributed by atoms with Crippen LogP contribution in [0.1, 0.15) is 0 Å². The fourth-order valence-electron chi connectivity index (χ4n) is 1.41. The van der Waals surface area contributed by atoms with Crippen molar-refractivity contribution in [3.05, 3.63) is 60.1 Å². The average molecular weight is 456 g/mol. The molecule has 0 aliphatic carbocycles. The molecule has 0 amide bonds. The van der Waals surface area contributed by atoms with Crippen LogP contribution in [0, 0.1) is 25.3 Å². The zero-order valence-electron chi connectivity index (χ0n) is 9.57. The van der Waals surface area contributed by atoms with Gasteiger partial charge in [0.1, 0.15) is 5.75 Å². The Bertz CT molecular complexity index is 697. The molecule has 8 heteroatoms. The molecule has 0 aliphatic heterocycles. The van der Waals surface area contributed by atoms with Gasteiger partial charge in [-0.2, -0.15) is 4.39 Å². The van der Waals surface area contributed by atoms with Gasteiger partial charge in [0.25, 0.3) is 5.69 Å². The van der Waals surface area contributed by atoms with Gasteiger partial charge in [-0.15, -0.1) is 0 Å². The molecular formula is C12H5BrF2INO3. The number of nitrogens with zero attached hydrogens (tertiary/aromatic N) is 1. The lowest BCUT2D eigenvalue weighted by Gasteiger charge is -2.09. The molecule has 2 rings (SSSR count). The lowest BCUT2D eigenvalue weighted by Crippen LogP contribution is -1.95. The predicted molar refractivity (Wildman–Crippen MR) is 79.9 cm³/mol. The second kappa shape index (κ2) is 6.00. The van der Waals surface area contributed by atoms with Crippen LogP contribution in [0.25, 0.3) is 0 Å². The van der Waals surface area contributed by atoms with Crippen molar-refractivity contribution in [2.75, 3.05) is 0 Å². The molecule has 0 radical (unpaired) electrons. The lowest BCUT2D eigenvalue weighted by atomic mass is 10.3. The molecule has 0 aliphatic rings. The highest BCUT2D eigenvalue weighted by atomic mass is 127. The van der Waals surface area contributed by atoms with Crippen molar-refractivity contribution in [2.45, 2.75) is 0 Å². The van der Waals surface area contributed by atoms with Gasteiger partial charge in [-0.3, -0.25) is 10.1 Å². The van der Waals surface area contributed by atoms with Gasteiger partial charge in [0.15, 0.2) is 11.6 Å². The Morgan fingerprint density at radius 3 is 2.50 bits per heavy atom. The number of halogens is 4. The Hall–Kier alpha value is -1.29. The lowest BCUT2D eigenvalue weighted by molar-refractivity contribution is -0.385. The molecule has 20 heavy (non-hydrogen) atoms. The third-order valence-corrected chi connectivity index (χ3v) is 3.61. The highest BCUT2D eigenvalue weighted by Crippen LogP contribution is 2.33. The van der Waals surface area contributed by atoms with Gasteiger partial charge in [-0.05, 0) is 40.8 Å². The molecule has 0 atom stereocenters. The van der Waals surface area contributed by atoms with Gasteiger partial charge in [-0.25, -0.2) is 4.39 Å². The summed E-state index contributed by atoms with van der Waals surface area (Å²) < 4.78 is 32.8. The van der Waals surface area contributed by atoms with E-state index in [0.29, 0.717) is 8.04 Å². The number of nitro benzene ring substituents is 1. The van der Waals surface area contributed by atoms with Crippen LogP contribution in [0.3, 0.4) is 0 Å². The molecule has 0 spiro atoms. The number of rotatable bonds is 3. The minimum atomic E-state index is -1.12. The fourth-order valence-corrected chi connectivity index (χ4v) is 2.43. The van der Waals surface area contributed by atoms with Crippen LogP contribution in [-0.4, -0.2) is 4.92 Å². The van der Waals surface area contributed by atoms with E-state index in [-0.39, 0.29) is 17.2 Å². The van der Waals surface area contributed by atoms with Gasteiger partial charge < -0.3 is 4.74 Å². The normalized spacial score (nSPS) is 10.4. The number of hydrogen-bond donors (Lipinski definition) is 0. The number of non-ortho nitro benzene ring substituents is 1. The van der Waals surface area contributed by atoms with Crippen LogP contribution >= 0.6 is 38.5 Å². The maximum atomic E-state index is 13.6. The average Bonchev–Trinajstić information content (AvgIpc) is 2.37. The Labute approximate surface area is 134 Å². The van der Waals surface area contributed by atoms with E-state index in [1.54, 1.807) is 0 Å². The van der Waals surface area contributed by atoms with Gasteiger partial charge >= 0.3 is 0 Å². The number of nitro groups is 1. The summed E-state index contributed by atoms with van der Waals surface area (Å²) in [5.41, 5.74) is -0.109. The second-order valence-corrected chi connectivity index (χ2v) is 5.75. The number of ether oxygens (including phenoxy) is 1. The minimum Gasteiger partial charge on any atom is -0.453 e. The molecule has 104 valence electrons. The zero-order chi connectivity index (χ0) is 14.9. The summed E-state index contributed by atoms with van der Waals surface area (Å²) in [5.74, 6) is -2.27. The largest absolute Gasteiger partial charge is 0.453 e. The van der Waals surface area contributed by atoms with E-state index < -0.39 is 16.6 Å². The summed E-state index contributed by atoms with van der Waals surface area (Å²) in [6.07, 6.45) is 0. The highest BCUT2D eigenvalue weighted by molar-refractivity contribution is 14.1. The summed E-state index contributed by atoms with van der Waals surface area (Å²) in [6.45, 7) is 0. The Morgan fingerprint density at radius 1 is 1.20 bits per heavy atom. The van der Waals surface area contributed by atoms with Gasteiger partial charge in [0.05, 0.1) is 8.49 Å². The van der Waals surface area contributed by atoms with Crippen LogP contribution < -0.4 is 4.74 Å². The topological polar surface area (TPSA) is 52.4 Å². The smallest absolute Gasteiger partial charge is 0.270 e. The van der Waals surface area contributed by atoms with E-state index in [0.717, 1.165) is 6.07 Å².